The Labute approximate surface area is 301 Å². The Kier molecular flexibility index (Phi) is 10.6. The van der Waals surface area contributed by atoms with E-state index in [1.165, 1.54) is 6.20 Å². The van der Waals surface area contributed by atoms with Crippen LogP contribution >= 0.6 is 0 Å². The maximum atomic E-state index is 15.9. The summed E-state index contributed by atoms with van der Waals surface area (Å²) in [5.74, 6) is -4.33. The fourth-order valence-corrected chi connectivity index (χ4v) is 8.27. The Hall–Kier alpha value is -4.35. The number of ketones is 1. The molecule has 0 saturated carbocycles. The van der Waals surface area contributed by atoms with Crippen LogP contribution in [0.4, 0.5) is 24.5 Å². The number of pyridine rings is 1. The number of aromatic amines is 1. The van der Waals surface area contributed by atoms with Crippen LogP contribution in [0.2, 0.25) is 0 Å². The third-order valence-electron chi connectivity index (χ3n) is 10.3. The topological polar surface area (TPSA) is 139 Å². The third-order valence-corrected chi connectivity index (χ3v) is 11.0. The van der Waals surface area contributed by atoms with Crippen LogP contribution in [-0.2, 0) is 16.1 Å². The number of halogens is 3. The predicted molar refractivity (Wildman–Crippen MR) is 189 cm³/mol. The number of piperidine rings is 1. The van der Waals surface area contributed by atoms with Gasteiger partial charge in [0.1, 0.15) is 23.3 Å². The van der Waals surface area contributed by atoms with Gasteiger partial charge in [0.05, 0.1) is 29.9 Å². The second kappa shape index (κ2) is 15.3. The first-order chi connectivity index (χ1) is 25.1. The number of carboxylic acid groups (broad SMARTS) is 1. The molecule has 7 rings (SSSR count). The molecule has 16 heteroatoms. The lowest BCUT2D eigenvalue weighted by Gasteiger charge is -2.39. The molecule has 276 valence electrons. The van der Waals surface area contributed by atoms with Crippen molar-refractivity contribution < 1.29 is 36.6 Å². The molecule has 5 heterocycles. The van der Waals surface area contributed by atoms with Gasteiger partial charge in [0.15, 0.2) is 5.82 Å². The van der Waals surface area contributed by atoms with Gasteiger partial charge in [-0.3, -0.25) is 23.6 Å². The number of carboxylic acids is 1. The quantitative estimate of drug-likeness (QED) is 0.178. The number of aromatic nitrogens is 2. The van der Waals surface area contributed by atoms with Crippen molar-refractivity contribution in [2.45, 2.75) is 37.9 Å². The van der Waals surface area contributed by atoms with Crippen LogP contribution in [-0.4, -0.2) is 122 Å². The van der Waals surface area contributed by atoms with E-state index in [1.807, 2.05) is 29.2 Å². The number of carbonyl (C=O) groups excluding carboxylic acids is 1. The second-order valence-corrected chi connectivity index (χ2v) is 14.3. The zero-order valence-electron chi connectivity index (χ0n) is 28.3. The number of hydrazine groups is 1. The van der Waals surface area contributed by atoms with Crippen molar-refractivity contribution in [2.75, 3.05) is 68.2 Å². The molecular weight excluding hydrogens is 700 g/mol. The fraction of sp³-hybridized carbons (Fsp3) is 0.417. The maximum Gasteiger partial charge on any atom is 0.317 e. The summed E-state index contributed by atoms with van der Waals surface area (Å²) in [6.07, 6.45) is 4.68. The second-order valence-electron chi connectivity index (χ2n) is 13.5. The molecule has 2 atom stereocenters. The van der Waals surface area contributed by atoms with Gasteiger partial charge < -0.3 is 19.5 Å². The standard InChI is InChI=1S/C36H40F3N7O5S/c37-25-8-15-45(21-25)46(52(50)51)31-7-6-30(38)33(34(31)39)35(49)29-20-41-36-28(29)18-24(19-40-36)23-2-4-26(5-3-23)44-13-9-27(10-14-44)43-12-1-11-42(16-17-43)22-32(47)48/h2-7,18-20,25,27H,1,8-17,21-22H2,(H,40,41)(H,47,48)(H,50,51)/p-1/t25-/m1/s1. The molecule has 2 N–H and O–H groups in total. The molecule has 12 nitrogen and oxygen atoms in total. The van der Waals surface area contributed by atoms with Gasteiger partial charge in [0.2, 0.25) is 5.78 Å². The number of nitrogens with zero attached hydrogens (tertiary/aromatic N) is 6. The Balaban J connectivity index is 1.06. The monoisotopic (exact) mass is 738 g/mol. The summed E-state index contributed by atoms with van der Waals surface area (Å²) in [5.41, 5.74) is 1.36. The summed E-state index contributed by atoms with van der Waals surface area (Å²) >= 11 is -3.06. The van der Waals surface area contributed by atoms with Gasteiger partial charge >= 0.3 is 5.97 Å². The van der Waals surface area contributed by atoms with Crippen LogP contribution < -0.4 is 9.31 Å². The summed E-state index contributed by atoms with van der Waals surface area (Å²) in [6, 6.07) is 11.9. The number of alkyl halides is 1. The van der Waals surface area contributed by atoms with E-state index in [-0.39, 0.29) is 31.6 Å². The third kappa shape index (κ3) is 7.43. The average molecular weight is 739 g/mol. The van der Waals surface area contributed by atoms with Crippen molar-refractivity contribution in [1.82, 2.24) is 24.8 Å². The highest BCUT2D eigenvalue weighted by molar-refractivity contribution is 7.80. The van der Waals surface area contributed by atoms with Gasteiger partial charge in [0.25, 0.3) is 0 Å². The number of carbonyl (C=O) groups is 2. The Morgan fingerprint density at radius 1 is 0.981 bits per heavy atom. The first-order valence-electron chi connectivity index (χ1n) is 17.4. The SMILES string of the molecule is O=C(O)CN1CCCN(C2CCN(c3ccc(-c4cnc5[nH]cc(C(=O)c6c(F)ccc(N(N7CC[C@@H](F)C7)S(=O)[O-])c6F)c5c4)cc3)CC2)CC1. The minimum atomic E-state index is -3.06. The zero-order chi connectivity index (χ0) is 36.5. The highest BCUT2D eigenvalue weighted by Crippen LogP contribution is 2.33. The van der Waals surface area contributed by atoms with Gasteiger partial charge in [-0.15, -0.1) is 0 Å². The predicted octanol–water partition coefficient (Wildman–Crippen LogP) is 4.36. The molecule has 0 aliphatic carbocycles. The number of hydrogen-bond donors (Lipinski definition) is 2. The average Bonchev–Trinajstić information content (AvgIpc) is 3.68. The molecule has 2 aromatic heterocycles. The van der Waals surface area contributed by atoms with E-state index in [2.05, 4.69) is 19.8 Å². The number of H-pyrrole nitrogens is 1. The number of benzene rings is 2. The van der Waals surface area contributed by atoms with Crippen LogP contribution in [0.15, 0.2) is 54.9 Å². The fourth-order valence-electron chi connectivity index (χ4n) is 7.63. The van der Waals surface area contributed by atoms with E-state index in [4.69, 9.17) is 5.11 Å². The Bertz CT molecular complexity index is 1970. The molecule has 0 amide bonds. The number of fused-ring (bicyclic) bond motifs is 1. The van der Waals surface area contributed by atoms with E-state index in [9.17, 15) is 22.7 Å². The lowest BCUT2D eigenvalue weighted by atomic mass is 9.99. The van der Waals surface area contributed by atoms with Gasteiger partial charge in [-0.25, -0.2) is 27.6 Å². The van der Waals surface area contributed by atoms with Crippen LogP contribution in [0.3, 0.4) is 0 Å². The lowest BCUT2D eigenvalue weighted by Crippen LogP contribution is -2.46. The summed E-state index contributed by atoms with van der Waals surface area (Å²) in [5, 5.41) is 10.6. The van der Waals surface area contributed by atoms with Crippen LogP contribution in [0.5, 0.6) is 0 Å². The van der Waals surface area contributed by atoms with Gasteiger partial charge in [-0.05, 0) is 68.1 Å². The number of aliphatic carboxylic acids is 1. The van der Waals surface area contributed by atoms with Crippen molar-refractivity contribution >= 4 is 45.4 Å². The number of nitrogens with one attached hydrogen (secondary N) is 1. The molecule has 0 bridgehead atoms. The first-order valence-corrected chi connectivity index (χ1v) is 18.4. The number of rotatable bonds is 10. The first kappa shape index (κ1) is 36.0. The van der Waals surface area contributed by atoms with Crippen molar-refractivity contribution in [3.63, 3.8) is 0 Å². The molecule has 1 unspecified atom stereocenters. The molecule has 2 aromatic carbocycles. The Morgan fingerprint density at radius 3 is 2.44 bits per heavy atom. The zero-order valence-corrected chi connectivity index (χ0v) is 29.2. The summed E-state index contributed by atoms with van der Waals surface area (Å²) in [6.45, 7) is 5.00. The summed E-state index contributed by atoms with van der Waals surface area (Å²) in [4.78, 5) is 39.1. The summed E-state index contributed by atoms with van der Waals surface area (Å²) in [7, 11) is 0. The van der Waals surface area contributed by atoms with Crippen LogP contribution in [0.1, 0.15) is 41.6 Å². The van der Waals surface area contributed by atoms with E-state index in [0.717, 1.165) is 86.9 Å². The normalized spacial score (nSPS) is 20.3. The van der Waals surface area contributed by atoms with Crippen LogP contribution in [0.25, 0.3) is 22.2 Å². The van der Waals surface area contributed by atoms with E-state index < -0.39 is 52.1 Å². The number of hydrogen-bond acceptors (Lipinski definition) is 9. The molecule has 3 aliphatic rings. The molecule has 0 radical (unpaired) electrons. The highest BCUT2D eigenvalue weighted by Gasteiger charge is 2.33. The summed E-state index contributed by atoms with van der Waals surface area (Å²) < 4.78 is 69.7. The van der Waals surface area contributed by atoms with Crippen molar-refractivity contribution in [1.29, 1.82) is 0 Å². The van der Waals surface area contributed by atoms with Crippen LogP contribution in [0, 0.1) is 11.6 Å². The Morgan fingerprint density at radius 2 is 1.75 bits per heavy atom. The molecule has 4 aromatic rings. The minimum absolute atomic E-state index is 0.00220. The lowest BCUT2D eigenvalue weighted by molar-refractivity contribution is -0.138. The molecule has 52 heavy (non-hydrogen) atoms. The van der Waals surface area contributed by atoms with Gasteiger partial charge in [-0.1, -0.05) is 12.1 Å². The van der Waals surface area contributed by atoms with E-state index in [0.29, 0.717) is 27.1 Å². The smallest absolute Gasteiger partial charge is 0.317 e. The van der Waals surface area contributed by atoms with Crippen molar-refractivity contribution in [2.24, 2.45) is 0 Å². The van der Waals surface area contributed by atoms with Gasteiger partial charge in [-0.2, -0.15) is 0 Å². The molecule has 3 fully saturated rings. The van der Waals surface area contributed by atoms with Crippen molar-refractivity contribution in [3.8, 4) is 11.1 Å². The van der Waals surface area contributed by atoms with E-state index in [1.54, 1.807) is 12.3 Å². The molecule has 0 spiro atoms. The molecular formula is C36H39F3N7O5S-. The van der Waals surface area contributed by atoms with Gasteiger partial charge in [0, 0.05) is 79.9 Å². The molecule has 3 saturated heterocycles. The van der Waals surface area contributed by atoms with E-state index >= 15 is 8.78 Å². The highest BCUT2D eigenvalue weighted by atomic mass is 32.2. The maximum absolute atomic E-state index is 15.9. The van der Waals surface area contributed by atoms with Crippen molar-refractivity contribution in [3.05, 3.63) is 77.6 Å². The minimum Gasteiger partial charge on any atom is -0.754 e. The number of anilines is 2. The largest absolute Gasteiger partial charge is 0.754 e. The molecule has 3 aliphatic heterocycles.